The molecule has 1 aromatic carbocycles. The number of thioether (sulfide) groups is 1. The molecular formula is C12H20N2S. The van der Waals surface area contributed by atoms with Crippen molar-refractivity contribution in [1.29, 1.82) is 0 Å². The van der Waals surface area contributed by atoms with Crippen molar-refractivity contribution in [3.05, 3.63) is 23.8 Å². The van der Waals surface area contributed by atoms with Gasteiger partial charge in [-0.3, -0.25) is 0 Å². The maximum atomic E-state index is 5.82. The highest BCUT2D eigenvalue weighted by molar-refractivity contribution is 7.98. The van der Waals surface area contributed by atoms with Crippen LogP contribution in [0.4, 0.5) is 5.69 Å². The fourth-order valence-electron chi connectivity index (χ4n) is 1.76. The van der Waals surface area contributed by atoms with Crippen LogP contribution in [0.25, 0.3) is 0 Å². The zero-order valence-electron chi connectivity index (χ0n) is 9.79. The second-order valence-electron chi connectivity index (χ2n) is 3.58. The van der Waals surface area contributed by atoms with Crippen LogP contribution in [0.1, 0.15) is 18.9 Å². The number of nitrogens with zero attached hydrogens (tertiary/aromatic N) is 1. The number of benzene rings is 1. The van der Waals surface area contributed by atoms with E-state index in [2.05, 4.69) is 43.3 Å². The van der Waals surface area contributed by atoms with Crippen molar-refractivity contribution in [2.24, 2.45) is 5.73 Å². The Bertz CT molecular complexity index is 312. The Morgan fingerprint density at radius 2 is 2.13 bits per heavy atom. The van der Waals surface area contributed by atoms with Gasteiger partial charge >= 0.3 is 0 Å². The molecule has 2 nitrogen and oxygen atoms in total. The van der Waals surface area contributed by atoms with E-state index in [4.69, 9.17) is 5.73 Å². The van der Waals surface area contributed by atoms with Gasteiger partial charge in [0, 0.05) is 36.3 Å². The second-order valence-corrected chi connectivity index (χ2v) is 4.43. The van der Waals surface area contributed by atoms with Gasteiger partial charge < -0.3 is 10.6 Å². The van der Waals surface area contributed by atoms with E-state index in [1.807, 2.05) is 0 Å². The van der Waals surface area contributed by atoms with Crippen LogP contribution in [0, 0.1) is 0 Å². The molecule has 0 aliphatic carbocycles. The van der Waals surface area contributed by atoms with Gasteiger partial charge in [-0.1, -0.05) is 13.0 Å². The minimum Gasteiger partial charge on any atom is -0.374 e. The normalized spacial score (nSPS) is 10.4. The molecule has 84 valence electrons. The summed E-state index contributed by atoms with van der Waals surface area (Å²) in [5.74, 6) is 0. The summed E-state index contributed by atoms with van der Waals surface area (Å²) < 4.78 is 0. The average Bonchev–Trinajstić information content (AvgIpc) is 2.28. The van der Waals surface area contributed by atoms with E-state index < -0.39 is 0 Å². The summed E-state index contributed by atoms with van der Waals surface area (Å²) >= 11 is 1.76. The molecule has 0 heterocycles. The fourth-order valence-corrected chi connectivity index (χ4v) is 2.41. The number of nitrogens with two attached hydrogens (primary N) is 1. The summed E-state index contributed by atoms with van der Waals surface area (Å²) in [7, 11) is 2.13. The first kappa shape index (κ1) is 12.4. The maximum Gasteiger partial charge on any atom is 0.0420 e. The number of rotatable bonds is 5. The van der Waals surface area contributed by atoms with Crippen molar-refractivity contribution >= 4 is 17.4 Å². The van der Waals surface area contributed by atoms with Crippen molar-refractivity contribution in [3.8, 4) is 0 Å². The Balaban J connectivity index is 3.05. The maximum absolute atomic E-state index is 5.82. The van der Waals surface area contributed by atoms with Crippen molar-refractivity contribution in [1.82, 2.24) is 0 Å². The fraction of sp³-hybridized carbons (Fsp3) is 0.500. The highest BCUT2D eigenvalue weighted by atomic mass is 32.2. The third-order valence-electron chi connectivity index (χ3n) is 2.50. The molecule has 1 rings (SSSR count). The van der Waals surface area contributed by atoms with E-state index in [1.165, 1.54) is 16.1 Å². The molecule has 2 N–H and O–H groups in total. The van der Waals surface area contributed by atoms with Gasteiger partial charge in [0.25, 0.3) is 0 Å². The number of anilines is 1. The van der Waals surface area contributed by atoms with Crippen LogP contribution in [0.15, 0.2) is 23.1 Å². The number of hydrogen-bond donors (Lipinski definition) is 1. The molecule has 3 heteroatoms. The summed E-state index contributed by atoms with van der Waals surface area (Å²) in [6.07, 6.45) is 3.25. The molecule has 0 aliphatic heterocycles. The van der Waals surface area contributed by atoms with E-state index in [0.717, 1.165) is 13.0 Å². The highest BCUT2D eigenvalue weighted by Gasteiger charge is 2.09. The summed E-state index contributed by atoms with van der Waals surface area (Å²) in [6.45, 7) is 3.88. The highest BCUT2D eigenvalue weighted by Crippen LogP contribution is 2.28. The van der Waals surface area contributed by atoms with E-state index in [1.54, 1.807) is 11.8 Å². The van der Waals surface area contributed by atoms with Gasteiger partial charge in [0.05, 0.1) is 0 Å². The lowest BCUT2D eigenvalue weighted by atomic mass is 10.1. The van der Waals surface area contributed by atoms with E-state index >= 15 is 0 Å². The minimum atomic E-state index is 0.612. The quantitative estimate of drug-likeness (QED) is 0.780. The average molecular weight is 224 g/mol. The topological polar surface area (TPSA) is 29.3 Å². The van der Waals surface area contributed by atoms with Crippen molar-refractivity contribution < 1.29 is 0 Å². The predicted octanol–water partition coefficient (Wildman–Crippen LogP) is 2.71. The summed E-state index contributed by atoms with van der Waals surface area (Å²) in [5.41, 5.74) is 8.36. The van der Waals surface area contributed by atoms with Gasteiger partial charge in [-0.2, -0.15) is 0 Å². The van der Waals surface area contributed by atoms with Gasteiger partial charge in [-0.05, 0) is 24.8 Å². The summed E-state index contributed by atoms with van der Waals surface area (Å²) in [4.78, 5) is 3.57. The molecule has 0 amide bonds. The molecule has 0 fully saturated rings. The molecule has 0 aliphatic rings. The van der Waals surface area contributed by atoms with Crippen LogP contribution in [0.5, 0.6) is 0 Å². The molecule has 0 bridgehead atoms. The molecule has 0 saturated heterocycles. The van der Waals surface area contributed by atoms with Crippen molar-refractivity contribution in [3.63, 3.8) is 0 Å². The van der Waals surface area contributed by atoms with Crippen molar-refractivity contribution in [2.45, 2.75) is 24.8 Å². The molecule has 15 heavy (non-hydrogen) atoms. The molecule has 0 atom stereocenters. The third kappa shape index (κ3) is 2.89. The Kier molecular flexibility index (Phi) is 4.99. The molecule has 0 spiro atoms. The molecule has 0 unspecified atom stereocenters. The lowest BCUT2D eigenvalue weighted by molar-refractivity contribution is 0.839. The first-order chi connectivity index (χ1) is 7.24. The van der Waals surface area contributed by atoms with E-state index in [9.17, 15) is 0 Å². The number of hydrogen-bond acceptors (Lipinski definition) is 3. The Morgan fingerprint density at radius 1 is 1.40 bits per heavy atom. The van der Waals surface area contributed by atoms with Crippen LogP contribution >= 0.6 is 11.8 Å². The Hall–Kier alpha value is -0.670. The van der Waals surface area contributed by atoms with Crippen molar-refractivity contribution in [2.75, 3.05) is 24.7 Å². The van der Waals surface area contributed by atoms with E-state index in [-0.39, 0.29) is 0 Å². The van der Waals surface area contributed by atoms with Crippen LogP contribution in [0.3, 0.4) is 0 Å². The minimum absolute atomic E-state index is 0.612. The van der Waals surface area contributed by atoms with Gasteiger partial charge in [0.1, 0.15) is 0 Å². The second kappa shape index (κ2) is 6.03. The van der Waals surface area contributed by atoms with Crippen LogP contribution in [0.2, 0.25) is 0 Å². The van der Waals surface area contributed by atoms with E-state index in [0.29, 0.717) is 6.54 Å². The lowest BCUT2D eigenvalue weighted by Crippen LogP contribution is -2.20. The van der Waals surface area contributed by atoms with Crippen LogP contribution in [-0.2, 0) is 6.54 Å². The van der Waals surface area contributed by atoms with Gasteiger partial charge in [0.2, 0.25) is 0 Å². The predicted molar refractivity (Wildman–Crippen MR) is 69.7 cm³/mol. The first-order valence-corrected chi connectivity index (χ1v) is 6.54. The smallest absolute Gasteiger partial charge is 0.0420 e. The molecule has 0 saturated carbocycles. The van der Waals surface area contributed by atoms with Crippen LogP contribution < -0.4 is 10.6 Å². The molecule has 1 aromatic rings. The zero-order valence-corrected chi connectivity index (χ0v) is 10.6. The van der Waals surface area contributed by atoms with Gasteiger partial charge in [-0.25, -0.2) is 0 Å². The lowest BCUT2D eigenvalue weighted by Gasteiger charge is -2.22. The first-order valence-electron chi connectivity index (χ1n) is 5.31. The molecule has 0 aromatic heterocycles. The van der Waals surface area contributed by atoms with Crippen LogP contribution in [-0.4, -0.2) is 19.8 Å². The third-order valence-corrected chi connectivity index (χ3v) is 3.32. The largest absolute Gasteiger partial charge is 0.374 e. The molecular weight excluding hydrogens is 204 g/mol. The monoisotopic (exact) mass is 224 g/mol. The summed E-state index contributed by atoms with van der Waals surface area (Å²) in [6, 6.07) is 6.39. The Labute approximate surface area is 96.8 Å². The summed E-state index contributed by atoms with van der Waals surface area (Å²) in [5, 5.41) is 0. The van der Waals surface area contributed by atoms with Gasteiger partial charge in [-0.15, -0.1) is 11.8 Å². The molecule has 0 radical (unpaired) electrons. The SMILES string of the molecule is CCCN(C)c1cccc(SC)c1CN. The Morgan fingerprint density at radius 3 is 2.67 bits per heavy atom. The standard InChI is InChI=1S/C12H20N2S/c1-4-8-14(2)11-6-5-7-12(15-3)10(11)9-13/h5-7H,4,8-9,13H2,1-3H3. The van der Waals surface area contributed by atoms with Gasteiger partial charge in [0.15, 0.2) is 0 Å². The zero-order chi connectivity index (χ0) is 11.3.